The number of anilines is 1. The van der Waals surface area contributed by atoms with Crippen molar-refractivity contribution in [3.05, 3.63) is 72.1 Å². The van der Waals surface area contributed by atoms with Gasteiger partial charge in [0.25, 0.3) is 0 Å². The van der Waals surface area contributed by atoms with Crippen LogP contribution in [0.4, 0.5) is 5.69 Å². The Bertz CT molecular complexity index is 1040. The molecule has 8 heteroatoms. The van der Waals surface area contributed by atoms with Crippen LogP contribution < -0.4 is 14.8 Å². The van der Waals surface area contributed by atoms with E-state index in [1.807, 2.05) is 48.7 Å². The lowest BCUT2D eigenvalue weighted by molar-refractivity contribution is -0.113. The minimum atomic E-state index is -0.139. The van der Waals surface area contributed by atoms with Crippen LogP contribution in [0.3, 0.4) is 0 Å². The van der Waals surface area contributed by atoms with E-state index in [9.17, 15) is 4.79 Å². The average Bonchev–Trinajstić information content (AvgIpc) is 3.12. The normalized spacial score (nSPS) is 10.5. The van der Waals surface area contributed by atoms with Gasteiger partial charge in [0.1, 0.15) is 18.1 Å². The molecule has 162 valence electrons. The van der Waals surface area contributed by atoms with Gasteiger partial charge in [0.05, 0.1) is 12.9 Å². The second kappa shape index (κ2) is 10.7. The fourth-order valence-electron chi connectivity index (χ4n) is 3.04. The number of aromatic nitrogens is 3. The van der Waals surface area contributed by atoms with Gasteiger partial charge in [-0.25, -0.2) is 0 Å². The third-order valence-corrected chi connectivity index (χ3v) is 5.32. The van der Waals surface area contributed by atoms with Crippen molar-refractivity contribution in [2.24, 2.45) is 0 Å². The van der Waals surface area contributed by atoms with Crippen molar-refractivity contribution >= 4 is 23.4 Å². The number of methoxy groups -OCH3 is 1. The second-order valence-corrected chi connectivity index (χ2v) is 7.92. The molecule has 3 aromatic rings. The van der Waals surface area contributed by atoms with Crippen LogP contribution >= 0.6 is 11.8 Å². The van der Waals surface area contributed by atoms with Gasteiger partial charge in [-0.1, -0.05) is 30.0 Å². The summed E-state index contributed by atoms with van der Waals surface area (Å²) < 4.78 is 13.0. The van der Waals surface area contributed by atoms with Gasteiger partial charge in [-0.15, -0.1) is 16.8 Å². The third-order valence-electron chi connectivity index (χ3n) is 4.35. The number of nitrogens with one attached hydrogen (secondary N) is 1. The number of aryl methyl sites for hydroxylation is 2. The number of nitrogens with zero attached hydrogens (tertiary/aromatic N) is 3. The number of hydrogen-bond acceptors (Lipinski definition) is 6. The molecule has 1 N–H and O–H groups in total. The number of carbonyl (C=O) groups excluding carboxylic acids is 1. The van der Waals surface area contributed by atoms with Crippen molar-refractivity contribution in [3.63, 3.8) is 0 Å². The highest BCUT2D eigenvalue weighted by Gasteiger charge is 2.14. The molecule has 1 heterocycles. The summed E-state index contributed by atoms with van der Waals surface area (Å²) in [7, 11) is 1.59. The second-order valence-electron chi connectivity index (χ2n) is 6.98. The predicted octanol–water partition coefficient (Wildman–Crippen LogP) is 4.40. The lowest BCUT2D eigenvalue weighted by Crippen LogP contribution is -2.15. The molecule has 0 radical (unpaired) electrons. The Labute approximate surface area is 186 Å². The molecule has 0 saturated heterocycles. The lowest BCUT2D eigenvalue weighted by Gasteiger charge is -2.10. The standard InChI is InChI=1S/C23H26N4O3S/c1-5-9-27-21(14-30-20-11-16(2)10-17(3)12-20)25-26-23(27)31-15-22(28)24-18-7-6-8-19(13-18)29-4/h5-8,10-13H,1,9,14-15H2,2-4H3,(H,24,28). The molecule has 3 rings (SSSR count). The Morgan fingerprint density at radius 1 is 1.16 bits per heavy atom. The number of hydrogen-bond donors (Lipinski definition) is 1. The van der Waals surface area contributed by atoms with Crippen LogP contribution in [0.5, 0.6) is 11.5 Å². The molecule has 0 aliphatic heterocycles. The number of amides is 1. The lowest BCUT2D eigenvalue weighted by atomic mass is 10.1. The van der Waals surface area contributed by atoms with Crippen molar-refractivity contribution in [1.29, 1.82) is 0 Å². The van der Waals surface area contributed by atoms with E-state index >= 15 is 0 Å². The van der Waals surface area contributed by atoms with Crippen molar-refractivity contribution < 1.29 is 14.3 Å². The van der Waals surface area contributed by atoms with E-state index in [1.165, 1.54) is 11.8 Å². The molecule has 0 unspecified atom stereocenters. The van der Waals surface area contributed by atoms with E-state index in [-0.39, 0.29) is 18.3 Å². The number of rotatable bonds is 10. The Morgan fingerprint density at radius 3 is 2.65 bits per heavy atom. The summed E-state index contributed by atoms with van der Waals surface area (Å²) in [6.07, 6.45) is 1.77. The zero-order chi connectivity index (χ0) is 22.2. The SMILES string of the molecule is C=CCn1c(COc2cc(C)cc(C)c2)nnc1SCC(=O)Nc1cccc(OC)c1. The molecule has 0 spiro atoms. The summed E-state index contributed by atoms with van der Waals surface area (Å²) in [5.41, 5.74) is 2.96. The minimum Gasteiger partial charge on any atom is -0.497 e. The summed E-state index contributed by atoms with van der Waals surface area (Å²) in [5, 5.41) is 12.0. The molecule has 0 bridgehead atoms. The number of carbonyl (C=O) groups is 1. The molecule has 1 aromatic heterocycles. The van der Waals surface area contributed by atoms with E-state index in [2.05, 4.69) is 28.2 Å². The molecule has 31 heavy (non-hydrogen) atoms. The Hall–Kier alpha value is -3.26. The van der Waals surface area contributed by atoms with Crippen LogP contribution in [0.15, 0.2) is 60.3 Å². The molecular weight excluding hydrogens is 412 g/mol. The monoisotopic (exact) mass is 438 g/mol. The molecule has 0 aliphatic rings. The van der Waals surface area contributed by atoms with Gasteiger partial charge in [0.15, 0.2) is 11.0 Å². The maximum absolute atomic E-state index is 12.4. The highest BCUT2D eigenvalue weighted by atomic mass is 32.2. The van der Waals surface area contributed by atoms with Crippen LogP contribution in [-0.4, -0.2) is 33.5 Å². The van der Waals surface area contributed by atoms with E-state index in [4.69, 9.17) is 9.47 Å². The van der Waals surface area contributed by atoms with Crippen molar-refractivity contribution in [3.8, 4) is 11.5 Å². The molecule has 1 amide bonds. The van der Waals surface area contributed by atoms with Gasteiger partial charge in [0.2, 0.25) is 5.91 Å². The average molecular weight is 439 g/mol. The zero-order valence-corrected chi connectivity index (χ0v) is 18.7. The Morgan fingerprint density at radius 2 is 1.94 bits per heavy atom. The first-order valence-corrected chi connectivity index (χ1v) is 10.8. The van der Waals surface area contributed by atoms with E-state index in [1.54, 1.807) is 19.3 Å². The highest BCUT2D eigenvalue weighted by Crippen LogP contribution is 2.21. The third kappa shape index (κ3) is 6.36. The van der Waals surface area contributed by atoms with Crippen LogP contribution in [-0.2, 0) is 17.9 Å². The first kappa shape index (κ1) is 22.4. The van der Waals surface area contributed by atoms with Crippen LogP contribution in [0.1, 0.15) is 17.0 Å². The van der Waals surface area contributed by atoms with Gasteiger partial charge < -0.3 is 14.8 Å². The van der Waals surface area contributed by atoms with E-state index in [0.29, 0.717) is 29.0 Å². The number of thioether (sulfide) groups is 1. The Kier molecular flexibility index (Phi) is 7.72. The van der Waals surface area contributed by atoms with Gasteiger partial charge in [-0.2, -0.15) is 0 Å². The fourth-order valence-corrected chi connectivity index (χ4v) is 3.80. The van der Waals surface area contributed by atoms with Gasteiger partial charge in [-0.05, 0) is 49.2 Å². The van der Waals surface area contributed by atoms with Crippen LogP contribution in [0.2, 0.25) is 0 Å². The Balaban J connectivity index is 1.62. The molecular formula is C23H26N4O3S. The summed E-state index contributed by atoms with van der Waals surface area (Å²) >= 11 is 1.31. The zero-order valence-electron chi connectivity index (χ0n) is 17.9. The molecule has 0 saturated carbocycles. The topological polar surface area (TPSA) is 78.3 Å². The first-order valence-electron chi connectivity index (χ1n) is 9.79. The van der Waals surface area contributed by atoms with Crippen LogP contribution in [0, 0.1) is 13.8 Å². The largest absolute Gasteiger partial charge is 0.497 e. The fraction of sp³-hybridized carbons (Fsp3) is 0.261. The maximum Gasteiger partial charge on any atom is 0.234 e. The van der Waals surface area contributed by atoms with Crippen LogP contribution in [0.25, 0.3) is 0 Å². The minimum absolute atomic E-state index is 0.139. The maximum atomic E-state index is 12.4. The summed E-state index contributed by atoms with van der Waals surface area (Å²) in [5.74, 6) is 2.21. The highest BCUT2D eigenvalue weighted by molar-refractivity contribution is 7.99. The summed E-state index contributed by atoms with van der Waals surface area (Å²) in [4.78, 5) is 12.4. The number of allylic oxidation sites excluding steroid dienone is 1. The molecule has 0 fully saturated rings. The van der Waals surface area contributed by atoms with E-state index < -0.39 is 0 Å². The molecule has 0 atom stereocenters. The summed E-state index contributed by atoms with van der Waals surface area (Å²) in [6.45, 7) is 8.68. The van der Waals surface area contributed by atoms with Gasteiger partial charge in [0, 0.05) is 18.3 Å². The smallest absolute Gasteiger partial charge is 0.234 e. The quantitative estimate of drug-likeness (QED) is 0.373. The molecule has 7 nitrogen and oxygen atoms in total. The molecule has 0 aliphatic carbocycles. The van der Waals surface area contributed by atoms with Gasteiger partial charge >= 0.3 is 0 Å². The molecule has 2 aromatic carbocycles. The van der Waals surface area contributed by atoms with Crippen molar-refractivity contribution in [2.45, 2.75) is 32.2 Å². The number of benzene rings is 2. The predicted molar refractivity (Wildman–Crippen MR) is 123 cm³/mol. The van der Waals surface area contributed by atoms with Crippen molar-refractivity contribution in [1.82, 2.24) is 14.8 Å². The van der Waals surface area contributed by atoms with E-state index in [0.717, 1.165) is 16.9 Å². The number of ether oxygens (including phenoxy) is 2. The summed E-state index contributed by atoms with van der Waals surface area (Å²) in [6, 6.07) is 13.3. The van der Waals surface area contributed by atoms with Crippen molar-refractivity contribution in [2.75, 3.05) is 18.2 Å². The van der Waals surface area contributed by atoms with Gasteiger partial charge in [-0.3, -0.25) is 9.36 Å². The first-order chi connectivity index (χ1) is 15.0.